The molecule has 4 nitrogen and oxygen atoms in total. The first-order chi connectivity index (χ1) is 10.0. The van der Waals surface area contributed by atoms with Crippen LogP contribution in [0.1, 0.15) is 35.9 Å². The van der Waals surface area contributed by atoms with E-state index in [9.17, 15) is 13.6 Å². The van der Waals surface area contributed by atoms with Crippen molar-refractivity contribution in [1.82, 2.24) is 10.5 Å². The highest BCUT2D eigenvalue weighted by atomic mass is 19.1. The van der Waals surface area contributed by atoms with Gasteiger partial charge >= 0.3 is 0 Å². The van der Waals surface area contributed by atoms with E-state index < -0.39 is 11.6 Å². The van der Waals surface area contributed by atoms with Crippen molar-refractivity contribution in [2.75, 3.05) is 6.54 Å². The molecule has 1 aromatic heterocycles. The van der Waals surface area contributed by atoms with Crippen molar-refractivity contribution >= 4 is 5.91 Å². The van der Waals surface area contributed by atoms with Crippen LogP contribution in [0, 0.1) is 18.6 Å². The van der Waals surface area contributed by atoms with Gasteiger partial charge in [-0.15, -0.1) is 0 Å². The summed E-state index contributed by atoms with van der Waals surface area (Å²) < 4.78 is 31.8. The van der Waals surface area contributed by atoms with E-state index in [4.69, 9.17) is 4.52 Å². The molecule has 0 saturated heterocycles. The second-order valence-corrected chi connectivity index (χ2v) is 4.70. The van der Waals surface area contributed by atoms with Crippen LogP contribution in [0.2, 0.25) is 0 Å². The molecule has 0 bridgehead atoms. The first-order valence-corrected chi connectivity index (χ1v) is 6.74. The van der Waals surface area contributed by atoms with Crippen molar-refractivity contribution in [3.05, 3.63) is 41.2 Å². The first kappa shape index (κ1) is 15.2. The lowest BCUT2D eigenvalue weighted by Gasteiger charge is -2.05. The van der Waals surface area contributed by atoms with Crippen molar-refractivity contribution in [3.8, 4) is 11.3 Å². The number of aromatic nitrogens is 1. The van der Waals surface area contributed by atoms with Crippen LogP contribution in [0.15, 0.2) is 22.7 Å². The fourth-order valence-corrected chi connectivity index (χ4v) is 1.97. The molecule has 0 radical (unpaired) electrons. The molecule has 0 fully saturated rings. The van der Waals surface area contributed by atoms with E-state index in [0.717, 1.165) is 25.0 Å². The first-order valence-electron chi connectivity index (χ1n) is 6.74. The molecule has 0 atom stereocenters. The van der Waals surface area contributed by atoms with Gasteiger partial charge in [-0.3, -0.25) is 4.79 Å². The summed E-state index contributed by atoms with van der Waals surface area (Å²) in [4.78, 5) is 12.2. The van der Waals surface area contributed by atoms with Gasteiger partial charge in [0.1, 0.15) is 28.7 Å². The van der Waals surface area contributed by atoms with Gasteiger partial charge in [-0.25, -0.2) is 8.78 Å². The third-order valence-corrected chi connectivity index (χ3v) is 3.09. The summed E-state index contributed by atoms with van der Waals surface area (Å²) in [6, 6.07) is 3.10. The topological polar surface area (TPSA) is 55.1 Å². The maximum atomic E-state index is 13.8. The minimum Gasteiger partial charge on any atom is -0.360 e. The van der Waals surface area contributed by atoms with Gasteiger partial charge in [0, 0.05) is 18.2 Å². The Morgan fingerprint density at radius 1 is 1.38 bits per heavy atom. The number of benzene rings is 1. The molecule has 1 aromatic carbocycles. The highest BCUT2D eigenvalue weighted by Gasteiger charge is 2.23. The number of carbonyl (C=O) groups is 1. The molecule has 1 N–H and O–H groups in total. The van der Waals surface area contributed by atoms with Crippen LogP contribution in [0.3, 0.4) is 0 Å². The Balaban J connectivity index is 2.35. The molecule has 2 rings (SSSR count). The minimum atomic E-state index is -0.786. The molecule has 112 valence electrons. The highest BCUT2D eigenvalue weighted by Crippen LogP contribution is 2.27. The largest absolute Gasteiger partial charge is 0.360 e. The Morgan fingerprint density at radius 2 is 2.14 bits per heavy atom. The van der Waals surface area contributed by atoms with Crippen LogP contribution in [-0.4, -0.2) is 17.6 Å². The van der Waals surface area contributed by atoms with E-state index in [2.05, 4.69) is 10.5 Å². The number of amides is 1. The molecule has 0 spiro atoms. The normalized spacial score (nSPS) is 10.7. The second-order valence-electron chi connectivity index (χ2n) is 4.70. The number of halogens is 2. The summed E-state index contributed by atoms with van der Waals surface area (Å²) in [5.74, 6) is -1.56. The summed E-state index contributed by atoms with van der Waals surface area (Å²) in [5, 5.41) is 6.46. The SMILES string of the molecule is CCCCNC(=O)c1c(-c2ccc(F)cc2F)noc1C. The van der Waals surface area contributed by atoms with Crippen molar-refractivity contribution in [1.29, 1.82) is 0 Å². The quantitative estimate of drug-likeness (QED) is 0.859. The van der Waals surface area contributed by atoms with E-state index in [-0.39, 0.29) is 22.7 Å². The monoisotopic (exact) mass is 294 g/mol. The summed E-state index contributed by atoms with van der Waals surface area (Å²) in [6.45, 7) is 4.11. The van der Waals surface area contributed by atoms with Gasteiger partial charge in [-0.1, -0.05) is 18.5 Å². The van der Waals surface area contributed by atoms with Gasteiger partial charge < -0.3 is 9.84 Å². The van der Waals surface area contributed by atoms with Crippen molar-refractivity contribution in [2.45, 2.75) is 26.7 Å². The molecule has 0 unspecified atom stereocenters. The van der Waals surface area contributed by atoms with Gasteiger partial charge in [-0.2, -0.15) is 0 Å². The third kappa shape index (κ3) is 3.26. The van der Waals surface area contributed by atoms with Crippen molar-refractivity contribution in [2.24, 2.45) is 0 Å². The number of nitrogens with one attached hydrogen (secondary N) is 1. The van der Waals surface area contributed by atoms with Crippen LogP contribution in [-0.2, 0) is 0 Å². The van der Waals surface area contributed by atoms with E-state index in [1.807, 2.05) is 6.92 Å². The number of aryl methyl sites for hydroxylation is 1. The van der Waals surface area contributed by atoms with Crippen LogP contribution in [0.25, 0.3) is 11.3 Å². The Labute approximate surface area is 121 Å². The Hall–Kier alpha value is -2.24. The average molecular weight is 294 g/mol. The summed E-state index contributed by atoms with van der Waals surface area (Å²) in [6.07, 6.45) is 1.79. The number of unbranched alkanes of at least 4 members (excludes halogenated alkanes) is 1. The van der Waals surface area contributed by atoms with Crippen LogP contribution >= 0.6 is 0 Å². The predicted octanol–water partition coefficient (Wildman–Crippen LogP) is 3.46. The molecule has 21 heavy (non-hydrogen) atoms. The van der Waals surface area contributed by atoms with Gasteiger partial charge in [0.2, 0.25) is 0 Å². The van der Waals surface area contributed by atoms with Gasteiger partial charge in [0.25, 0.3) is 5.91 Å². The zero-order chi connectivity index (χ0) is 15.4. The number of carbonyl (C=O) groups excluding carboxylic acids is 1. The van der Waals surface area contributed by atoms with Crippen molar-refractivity contribution in [3.63, 3.8) is 0 Å². The molecular formula is C15H16F2N2O2. The number of nitrogens with zero attached hydrogens (tertiary/aromatic N) is 1. The Bertz CT molecular complexity index is 653. The van der Waals surface area contributed by atoms with E-state index >= 15 is 0 Å². The molecule has 0 aliphatic rings. The molecule has 2 aromatic rings. The number of hydrogen-bond acceptors (Lipinski definition) is 3. The number of hydrogen-bond donors (Lipinski definition) is 1. The molecule has 6 heteroatoms. The molecule has 0 aliphatic heterocycles. The minimum absolute atomic E-state index is 0.0360. The van der Waals surface area contributed by atoms with Gasteiger partial charge in [0.15, 0.2) is 0 Å². The molecule has 0 aliphatic carbocycles. The molecule has 1 heterocycles. The number of rotatable bonds is 5. The van der Waals surface area contributed by atoms with Gasteiger partial charge in [-0.05, 0) is 25.5 Å². The smallest absolute Gasteiger partial charge is 0.257 e. The summed E-state index contributed by atoms with van der Waals surface area (Å²) in [5.41, 5.74) is 0.296. The predicted molar refractivity (Wildman–Crippen MR) is 73.8 cm³/mol. The lowest BCUT2D eigenvalue weighted by Crippen LogP contribution is -2.25. The van der Waals surface area contributed by atoms with Gasteiger partial charge in [0.05, 0.1) is 0 Å². The zero-order valence-electron chi connectivity index (χ0n) is 11.9. The Morgan fingerprint density at radius 3 is 2.81 bits per heavy atom. The molecule has 0 saturated carbocycles. The molecular weight excluding hydrogens is 278 g/mol. The lowest BCUT2D eigenvalue weighted by atomic mass is 10.0. The van der Waals surface area contributed by atoms with Crippen LogP contribution in [0.5, 0.6) is 0 Å². The fraction of sp³-hybridized carbons (Fsp3) is 0.333. The maximum Gasteiger partial charge on any atom is 0.257 e. The van der Waals surface area contributed by atoms with E-state index in [0.29, 0.717) is 12.3 Å². The van der Waals surface area contributed by atoms with Crippen molar-refractivity contribution < 1.29 is 18.1 Å². The fourth-order valence-electron chi connectivity index (χ4n) is 1.97. The lowest BCUT2D eigenvalue weighted by molar-refractivity contribution is 0.0952. The Kier molecular flexibility index (Phi) is 4.67. The third-order valence-electron chi connectivity index (χ3n) is 3.09. The van der Waals surface area contributed by atoms with E-state index in [1.54, 1.807) is 6.92 Å². The standard InChI is InChI=1S/C15H16F2N2O2/c1-3-4-7-18-15(20)13-9(2)21-19-14(13)11-6-5-10(16)8-12(11)17/h5-6,8H,3-4,7H2,1-2H3,(H,18,20). The van der Waals surface area contributed by atoms with Crippen LogP contribution < -0.4 is 5.32 Å². The highest BCUT2D eigenvalue weighted by molar-refractivity contribution is 6.00. The maximum absolute atomic E-state index is 13.8. The summed E-state index contributed by atoms with van der Waals surface area (Å²) in [7, 11) is 0. The van der Waals surface area contributed by atoms with Crippen LogP contribution in [0.4, 0.5) is 8.78 Å². The molecule has 1 amide bonds. The summed E-state index contributed by atoms with van der Waals surface area (Å²) >= 11 is 0. The van der Waals surface area contributed by atoms with E-state index in [1.165, 1.54) is 6.07 Å². The second kappa shape index (κ2) is 6.47. The average Bonchev–Trinajstić information content (AvgIpc) is 2.80. The zero-order valence-corrected chi connectivity index (χ0v) is 11.9.